The summed E-state index contributed by atoms with van der Waals surface area (Å²) in [7, 11) is -4.15. The van der Waals surface area contributed by atoms with E-state index in [0.717, 1.165) is 5.46 Å². The first-order valence-corrected chi connectivity index (χ1v) is 12.5. The highest BCUT2D eigenvalue weighted by Crippen LogP contribution is 2.36. The van der Waals surface area contributed by atoms with Gasteiger partial charge in [0.2, 0.25) is 10.0 Å². The zero-order valence-corrected chi connectivity index (χ0v) is 20.9. The Morgan fingerprint density at radius 2 is 1.72 bits per heavy atom. The first kappa shape index (κ1) is 25.0. The minimum Gasteiger partial charge on any atom is -0.444 e. The molecular formula is C22H35BN2O6S. The van der Waals surface area contributed by atoms with Crippen LogP contribution in [0.5, 0.6) is 0 Å². The van der Waals surface area contributed by atoms with Crippen LogP contribution in [-0.2, 0) is 24.1 Å². The Morgan fingerprint density at radius 1 is 1.16 bits per heavy atom. The molecule has 0 spiro atoms. The molecule has 0 aromatic heterocycles. The van der Waals surface area contributed by atoms with Crippen molar-refractivity contribution < 1.29 is 27.3 Å². The van der Waals surface area contributed by atoms with Gasteiger partial charge in [-0.15, -0.1) is 0 Å². The van der Waals surface area contributed by atoms with Crippen LogP contribution < -0.4 is 10.8 Å². The highest BCUT2D eigenvalue weighted by Gasteiger charge is 2.51. The fourth-order valence-electron chi connectivity index (χ4n) is 3.65. The Morgan fingerprint density at radius 3 is 2.25 bits per heavy atom. The molecule has 1 aromatic carbocycles. The largest absolute Gasteiger partial charge is 0.494 e. The molecule has 1 amide bonds. The lowest BCUT2D eigenvalue weighted by Gasteiger charge is -2.32. The van der Waals surface area contributed by atoms with Crippen LogP contribution in [-0.4, -0.2) is 62.4 Å². The van der Waals surface area contributed by atoms with E-state index < -0.39 is 40.0 Å². The van der Waals surface area contributed by atoms with Crippen LogP contribution in [0, 0.1) is 5.92 Å². The number of benzene rings is 1. The normalized spacial score (nSPS) is 23.3. The predicted octanol–water partition coefficient (Wildman–Crippen LogP) is 2.52. The summed E-state index contributed by atoms with van der Waals surface area (Å²) in [5.74, 6) is 0.0429. The van der Waals surface area contributed by atoms with Gasteiger partial charge in [-0.25, -0.2) is 13.2 Å². The van der Waals surface area contributed by atoms with E-state index in [4.69, 9.17) is 14.0 Å². The quantitative estimate of drug-likeness (QED) is 0.671. The molecule has 0 bridgehead atoms. The van der Waals surface area contributed by atoms with Crippen molar-refractivity contribution >= 4 is 28.7 Å². The summed E-state index contributed by atoms with van der Waals surface area (Å²) in [6, 6.07) is 6.68. The lowest BCUT2D eigenvalue weighted by molar-refractivity contribution is 0.00578. The zero-order valence-electron chi connectivity index (χ0n) is 20.1. The molecule has 32 heavy (non-hydrogen) atoms. The van der Waals surface area contributed by atoms with Crippen LogP contribution in [0.25, 0.3) is 0 Å². The average molecular weight is 466 g/mol. The lowest BCUT2D eigenvalue weighted by Crippen LogP contribution is -2.41. The molecule has 2 aliphatic rings. The van der Waals surface area contributed by atoms with Crippen molar-refractivity contribution in [2.45, 2.75) is 76.6 Å². The van der Waals surface area contributed by atoms with Gasteiger partial charge in [0.25, 0.3) is 0 Å². The third-order valence-electron chi connectivity index (χ3n) is 6.23. The summed E-state index contributed by atoms with van der Waals surface area (Å²) < 4.78 is 45.0. The van der Waals surface area contributed by atoms with Gasteiger partial charge in [0.05, 0.1) is 16.1 Å². The van der Waals surface area contributed by atoms with Gasteiger partial charge in [-0.05, 0) is 78.4 Å². The number of nitrogens with zero attached hydrogens (tertiary/aromatic N) is 1. The van der Waals surface area contributed by atoms with Gasteiger partial charge in [0.15, 0.2) is 0 Å². The number of alkyl carbamates (subject to hydrolysis) is 1. The maximum Gasteiger partial charge on any atom is 0.494 e. The zero-order chi connectivity index (χ0) is 23.9. The van der Waals surface area contributed by atoms with Gasteiger partial charge >= 0.3 is 13.2 Å². The summed E-state index contributed by atoms with van der Waals surface area (Å²) in [4.78, 5) is 12.1. The molecule has 2 fully saturated rings. The van der Waals surface area contributed by atoms with Crippen LogP contribution in [0.2, 0.25) is 0 Å². The summed E-state index contributed by atoms with van der Waals surface area (Å²) in [6.45, 7) is 14.5. The van der Waals surface area contributed by atoms with Gasteiger partial charge in [0, 0.05) is 19.6 Å². The second-order valence-electron chi connectivity index (χ2n) is 10.6. The minimum atomic E-state index is -3.62. The molecule has 1 unspecified atom stereocenters. The molecule has 178 valence electrons. The highest BCUT2D eigenvalue weighted by molar-refractivity contribution is 7.89. The van der Waals surface area contributed by atoms with Crippen LogP contribution in [0.3, 0.4) is 0 Å². The Bertz CT molecular complexity index is 924. The second-order valence-corrected chi connectivity index (χ2v) is 12.5. The van der Waals surface area contributed by atoms with Crippen LogP contribution in [0.1, 0.15) is 54.9 Å². The smallest absolute Gasteiger partial charge is 0.444 e. The molecule has 2 aliphatic heterocycles. The number of hydrogen-bond acceptors (Lipinski definition) is 6. The molecule has 1 N–H and O–H groups in total. The third kappa shape index (κ3) is 5.47. The van der Waals surface area contributed by atoms with E-state index in [-0.39, 0.29) is 10.8 Å². The van der Waals surface area contributed by atoms with Crippen molar-refractivity contribution in [3.8, 4) is 0 Å². The molecule has 0 saturated carbocycles. The van der Waals surface area contributed by atoms with Crippen LogP contribution >= 0.6 is 0 Å². The van der Waals surface area contributed by atoms with Crippen molar-refractivity contribution in [3.05, 3.63) is 24.3 Å². The topological polar surface area (TPSA) is 94.2 Å². The van der Waals surface area contributed by atoms with E-state index >= 15 is 0 Å². The number of rotatable bonds is 5. The Hall–Kier alpha value is -1.62. The number of carbonyl (C=O) groups excluding carboxylic acids is 1. The summed E-state index contributed by atoms with van der Waals surface area (Å²) in [6.07, 6.45) is 0.193. The third-order valence-corrected chi connectivity index (χ3v) is 8.11. The van der Waals surface area contributed by atoms with Gasteiger partial charge in [-0.3, -0.25) is 0 Å². The van der Waals surface area contributed by atoms with E-state index in [1.54, 1.807) is 45.0 Å². The summed E-state index contributed by atoms with van der Waals surface area (Å²) in [5.41, 5.74) is -0.703. The second kappa shape index (κ2) is 8.63. The molecule has 2 saturated heterocycles. The number of sulfonamides is 1. The standard InChI is InChI=1S/C22H35BN2O6S/c1-20(2,3)29-19(26)24-14-16-12-13-25(15-16)32(27,28)18-10-8-17(9-11-18)23-30-21(4,5)22(6,7)31-23/h8-11,16H,12-15H2,1-7H3,(H,24,26). The van der Waals surface area contributed by atoms with E-state index in [0.29, 0.717) is 26.1 Å². The van der Waals surface area contributed by atoms with Crippen LogP contribution in [0.4, 0.5) is 4.79 Å². The van der Waals surface area contributed by atoms with E-state index in [1.807, 2.05) is 27.7 Å². The van der Waals surface area contributed by atoms with E-state index in [2.05, 4.69) is 5.32 Å². The molecular weight excluding hydrogens is 431 g/mol. The van der Waals surface area contributed by atoms with Gasteiger partial charge in [0.1, 0.15) is 5.60 Å². The highest BCUT2D eigenvalue weighted by atomic mass is 32.2. The average Bonchev–Trinajstić information content (AvgIpc) is 3.21. The van der Waals surface area contributed by atoms with Crippen molar-refractivity contribution in [2.24, 2.45) is 5.92 Å². The van der Waals surface area contributed by atoms with Gasteiger partial charge in [-0.2, -0.15) is 4.31 Å². The van der Waals surface area contributed by atoms with Crippen molar-refractivity contribution in [2.75, 3.05) is 19.6 Å². The lowest BCUT2D eigenvalue weighted by atomic mass is 9.79. The monoisotopic (exact) mass is 466 g/mol. The molecule has 1 atom stereocenters. The maximum absolute atomic E-state index is 13.1. The molecule has 0 radical (unpaired) electrons. The SMILES string of the molecule is CC(C)(C)OC(=O)NCC1CCN(S(=O)(=O)c2ccc(B3OC(C)(C)C(C)(C)O3)cc2)C1. The van der Waals surface area contributed by atoms with Gasteiger partial charge in [-0.1, -0.05) is 12.1 Å². The Kier molecular flexibility index (Phi) is 6.74. The Balaban J connectivity index is 1.60. The summed E-state index contributed by atoms with van der Waals surface area (Å²) in [5, 5.41) is 2.73. The minimum absolute atomic E-state index is 0.0429. The molecule has 2 heterocycles. The molecule has 1 aromatic rings. The first-order chi connectivity index (χ1) is 14.6. The number of ether oxygens (including phenoxy) is 1. The van der Waals surface area contributed by atoms with Crippen molar-refractivity contribution in [1.29, 1.82) is 0 Å². The number of hydrogen-bond donors (Lipinski definition) is 1. The molecule has 8 nitrogen and oxygen atoms in total. The predicted molar refractivity (Wildman–Crippen MR) is 123 cm³/mol. The Labute approximate surface area is 192 Å². The molecule has 0 aliphatic carbocycles. The number of carbonyl (C=O) groups is 1. The first-order valence-electron chi connectivity index (χ1n) is 11.0. The van der Waals surface area contributed by atoms with E-state index in [1.165, 1.54) is 4.31 Å². The number of amides is 1. The van der Waals surface area contributed by atoms with E-state index in [9.17, 15) is 13.2 Å². The fraction of sp³-hybridized carbons (Fsp3) is 0.682. The fourth-order valence-corrected chi connectivity index (χ4v) is 5.18. The van der Waals surface area contributed by atoms with Crippen molar-refractivity contribution in [3.63, 3.8) is 0 Å². The maximum atomic E-state index is 13.1. The number of nitrogens with one attached hydrogen (secondary N) is 1. The van der Waals surface area contributed by atoms with Crippen LogP contribution in [0.15, 0.2) is 29.2 Å². The van der Waals surface area contributed by atoms with Crippen molar-refractivity contribution in [1.82, 2.24) is 9.62 Å². The van der Waals surface area contributed by atoms with Gasteiger partial charge < -0.3 is 19.4 Å². The molecule has 10 heteroatoms. The molecule has 3 rings (SSSR count). The summed E-state index contributed by atoms with van der Waals surface area (Å²) >= 11 is 0.